The van der Waals surface area contributed by atoms with Gasteiger partial charge in [-0.3, -0.25) is 4.90 Å². The Balaban J connectivity index is 1.99. The zero-order chi connectivity index (χ0) is 15.2. The van der Waals surface area contributed by atoms with Crippen molar-refractivity contribution in [1.29, 1.82) is 0 Å². The lowest BCUT2D eigenvalue weighted by Gasteiger charge is -2.29. The van der Waals surface area contributed by atoms with Crippen molar-refractivity contribution in [2.45, 2.75) is 6.92 Å². The molecule has 7 nitrogen and oxygen atoms in total. The summed E-state index contributed by atoms with van der Waals surface area (Å²) in [5.74, 6) is 0.356. The van der Waals surface area contributed by atoms with Crippen molar-refractivity contribution in [2.24, 2.45) is 0 Å². The molecule has 0 atom stereocenters. The van der Waals surface area contributed by atoms with Gasteiger partial charge in [-0.2, -0.15) is 0 Å². The summed E-state index contributed by atoms with van der Waals surface area (Å²) >= 11 is 0. The second kappa shape index (κ2) is 7.33. The van der Waals surface area contributed by atoms with Gasteiger partial charge in [-0.1, -0.05) is 0 Å². The summed E-state index contributed by atoms with van der Waals surface area (Å²) in [4.78, 5) is 24.4. The predicted octanol–water partition coefficient (Wildman–Crippen LogP) is -0.0870. The Bertz CT molecular complexity index is 488. The molecule has 2 rings (SSSR count). The highest BCUT2D eigenvalue weighted by Gasteiger charge is 2.15. The number of rotatable bonds is 5. The maximum atomic E-state index is 11.6. The van der Waals surface area contributed by atoms with Crippen molar-refractivity contribution in [3.63, 3.8) is 0 Å². The molecule has 0 aliphatic carbocycles. The number of hydrogen-bond donors (Lipinski definition) is 1. The number of piperazine rings is 1. The number of hydrogen-bond acceptors (Lipinski definition) is 7. The van der Waals surface area contributed by atoms with Crippen molar-refractivity contribution in [3.8, 4) is 0 Å². The van der Waals surface area contributed by atoms with E-state index in [1.807, 2.05) is 24.9 Å². The zero-order valence-electron chi connectivity index (χ0n) is 12.9. The Morgan fingerprint density at radius 3 is 2.81 bits per heavy atom. The maximum Gasteiger partial charge on any atom is 0.376 e. The van der Waals surface area contributed by atoms with Gasteiger partial charge in [0.25, 0.3) is 0 Å². The predicted molar refractivity (Wildman–Crippen MR) is 80.7 cm³/mol. The van der Waals surface area contributed by atoms with Crippen LogP contribution in [0, 0.1) is 6.92 Å². The van der Waals surface area contributed by atoms with Crippen LogP contribution < -0.4 is 10.2 Å². The molecule has 1 aliphatic heterocycles. The summed E-state index contributed by atoms with van der Waals surface area (Å²) in [7, 11) is 3.31. The van der Waals surface area contributed by atoms with E-state index in [2.05, 4.69) is 24.9 Å². The molecule has 1 saturated heterocycles. The van der Waals surface area contributed by atoms with Crippen LogP contribution in [0.2, 0.25) is 0 Å². The summed E-state index contributed by atoms with van der Waals surface area (Å²) in [5, 5.41) is 3.34. The number of likely N-dealkylation sites (N-methyl/N-ethyl adjacent to an activating group) is 1. The SMILES string of the molecule is COC(=O)c1nc(C)cc(N(C)CCN2CCNCC2)n1. The number of aryl methyl sites for hydroxylation is 1. The number of carbonyl (C=O) groups is 1. The highest BCUT2D eigenvalue weighted by Crippen LogP contribution is 2.11. The maximum absolute atomic E-state index is 11.6. The molecule has 1 aromatic heterocycles. The van der Waals surface area contributed by atoms with Crippen molar-refractivity contribution < 1.29 is 9.53 Å². The minimum atomic E-state index is -0.504. The molecule has 0 saturated carbocycles. The number of aromatic nitrogens is 2. The van der Waals surface area contributed by atoms with Crippen LogP contribution in [0.1, 0.15) is 16.3 Å². The van der Waals surface area contributed by atoms with Crippen LogP contribution in [0.15, 0.2) is 6.07 Å². The molecule has 1 aromatic rings. The molecule has 1 N–H and O–H groups in total. The summed E-state index contributed by atoms with van der Waals surface area (Å²) in [6.45, 7) is 7.92. The van der Waals surface area contributed by atoms with Gasteiger partial charge < -0.3 is 15.0 Å². The average Bonchev–Trinajstić information content (AvgIpc) is 2.52. The lowest BCUT2D eigenvalue weighted by atomic mass is 10.3. The minimum absolute atomic E-state index is 0.113. The first-order valence-electron chi connectivity index (χ1n) is 7.18. The number of carbonyl (C=O) groups excluding carboxylic acids is 1. The number of methoxy groups -OCH3 is 1. The van der Waals surface area contributed by atoms with Gasteiger partial charge in [0.05, 0.1) is 7.11 Å². The number of anilines is 1. The Morgan fingerprint density at radius 1 is 1.43 bits per heavy atom. The van der Waals surface area contributed by atoms with Crippen LogP contribution >= 0.6 is 0 Å². The average molecular weight is 293 g/mol. The Labute approximate surface area is 125 Å². The molecule has 21 heavy (non-hydrogen) atoms. The zero-order valence-corrected chi connectivity index (χ0v) is 12.9. The van der Waals surface area contributed by atoms with Crippen LogP contribution in [0.25, 0.3) is 0 Å². The normalized spacial score (nSPS) is 15.8. The third kappa shape index (κ3) is 4.37. The Hall–Kier alpha value is -1.73. The third-order valence-electron chi connectivity index (χ3n) is 3.56. The standard InChI is InChI=1S/C14H23N5O2/c1-11-10-12(17-13(16-11)14(20)21-3)18(2)8-9-19-6-4-15-5-7-19/h10,15H,4-9H2,1-3H3. The van der Waals surface area contributed by atoms with Crippen LogP contribution in [0.3, 0.4) is 0 Å². The van der Waals surface area contributed by atoms with Crippen molar-refractivity contribution >= 4 is 11.8 Å². The van der Waals surface area contributed by atoms with E-state index in [-0.39, 0.29) is 5.82 Å². The Kier molecular flexibility index (Phi) is 5.46. The van der Waals surface area contributed by atoms with E-state index in [9.17, 15) is 4.79 Å². The van der Waals surface area contributed by atoms with Gasteiger partial charge in [-0.15, -0.1) is 0 Å². The van der Waals surface area contributed by atoms with Gasteiger partial charge in [0.2, 0.25) is 5.82 Å². The summed E-state index contributed by atoms with van der Waals surface area (Å²) < 4.78 is 4.68. The molecule has 1 fully saturated rings. The van der Waals surface area contributed by atoms with E-state index >= 15 is 0 Å². The van der Waals surface area contributed by atoms with Gasteiger partial charge >= 0.3 is 5.97 Å². The first-order chi connectivity index (χ1) is 10.1. The van der Waals surface area contributed by atoms with E-state index < -0.39 is 5.97 Å². The highest BCUT2D eigenvalue weighted by atomic mass is 16.5. The molecule has 0 unspecified atom stereocenters. The van der Waals surface area contributed by atoms with Gasteiger partial charge in [-0.25, -0.2) is 14.8 Å². The van der Waals surface area contributed by atoms with E-state index in [0.29, 0.717) is 0 Å². The van der Waals surface area contributed by atoms with E-state index in [1.165, 1.54) is 7.11 Å². The van der Waals surface area contributed by atoms with Crippen molar-refractivity contribution in [2.75, 3.05) is 58.3 Å². The van der Waals surface area contributed by atoms with Crippen LogP contribution in [-0.2, 0) is 4.74 Å². The van der Waals surface area contributed by atoms with Gasteiger partial charge in [0, 0.05) is 58.1 Å². The number of esters is 1. The first kappa shape index (κ1) is 15.7. The molecule has 0 spiro atoms. The fourth-order valence-electron chi connectivity index (χ4n) is 2.27. The van der Waals surface area contributed by atoms with Gasteiger partial charge in [0.1, 0.15) is 5.82 Å². The molecular formula is C14H23N5O2. The molecule has 0 amide bonds. The largest absolute Gasteiger partial charge is 0.463 e. The highest BCUT2D eigenvalue weighted by molar-refractivity contribution is 5.85. The van der Waals surface area contributed by atoms with Crippen LogP contribution in [0.5, 0.6) is 0 Å². The summed E-state index contributed by atoms with van der Waals surface area (Å²) in [6, 6.07) is 1.88. The third-order valence-corrected chi connectivity index (χ3v) is 3.56. The lowest BCUT2D eigenvalue weighted by Crippen LogP contribution is -2.46. The molecule has 2 heterocycles. The van der Waals surface area contributed by atoms with Gasteiger partial charge in [-0.05, 0) is 6.92 Å². The summed E-state index contributed by atoms with van der Waals surface area (Å²) in [5.41, 5.74) is 0.759. The first-order valence-corrected chi connectivity index (χ1v) is 7.18. The molecule has 116 valence electrons. The van der Waals surface area contributed by atoms with Crippen LogP contribution in [-0.4, -0.2) is 74.3 Å². The molecule has 0 bridgehead atoms. The summed E-state index contributed by atoms with van der Waals surface area (Å²) in [6.07, 6.45) is 0. The van der Waals surface area contributed by atoms with Gasteiger partial charge in [0.15, 0.2) is 0 Å². The fraction of sp³-hybridized carbons (Fsp3) is 0.643. The number of ether oxygens (including phenoxy) is 1. The second-order valence-corrected chi connectivity index (χ2v) is 5.20. The molecule has 0 radical (unpaired) electrons. The molecular weight excluding hydrogens is 270 g/mol. The van der Waals surface area contributed by atoms with E-state index in [0.717, 1.165) is 50.8 Å². The molecule has 1 aliphatic rings. The van der Waals surface area contributed by atoms with Crippen molar-refractivity contribution in [3.05, 3.63) is 17.6 Å². The van der Waals surface area contributed by atoms with Crippen molar-refractivity contribution in [1.82, 2.24) is 20.2 Å². The number of nitrogens with one attached hydrogen (secondary N) is 1. The minimum Gasteiger partial charge on any atom is -0.463 e. The fourth-order valence-corrected chi connectivity index (χ4v) is 2.27. The monoisotopic (exact) mass is 293 g/mol. The Morgan fingerprint density at radius 2 is 2.14 bits per heavy atom. The number of nitrogens with zero attached hydrogens (tertiary/aromatic N) is 4. The quantitative estimate of drug-likeness (QED) is 0.761. The smallest absolute Gasteiger partial charge is 0.376 e. The molecule has 7 heteroatoms. The lowest BCUT2D eigenvalue weighted by molar-refractivity contribution is 0.0586. The molecule has 0 aromatic carbocycles. The second-order valence-electron chi connectivity index (χ2n) is 5.20. The van der Waals surface area contributed by atoms with E-state index in [4.69, 9.17) is 0 Å². The van der Waals surface area contributed by atoms with E-state index in [1.54, 1.807) is 0 Å². The topological polar surface area (TPSA) is 70.6 Å². The van der Waals surface area contributed by atoms with Crippen LogP contribution in [0.4, 0.5) is 5.82 Å².